The molecule has 186 valence electrons. The average molecular weight is 482 g/mol. The number of rotatable bonds is 6. The van der Waals surface area contributed by atoms with Gasteiger partial charge in [0, 0.05) is 24.0 Å². The van der Waals surface area contributed by atoms with Crippen LogP contribution >= 0.6 is 0 Å². The van der Waals surface area contributed by atoms with Crippen molar-refractivity contribution in [3.63, 3.8) is 0 Å². The summed E-state index contributed by atoms with van der Waals surface area (Å²) in [6.07, 6.45) is -0.505. The number of hydrogen-bond acceptors (Lipinski definition) is 6. The van der Waals surface area contributed by atoms with Gasteiger partial charge in [0.25, 0.3) is 5.60 Å². The Morgan fingerprint density at radius 2 is 1.85 bits per heavy atom. The normalized spacial score (nSPS) is 28.7. The minimum absolute atomic E-state index is 0.0150. The molecule has 34 heavy (non-hydrogen) atoms. The molecule has 1 saturated heterocycles. The number of halogens is 3. The lowest BCUT2D eigenvalue weighted by atomic mass is 9.62. The first-order valence-corrected chi connectivity index (χ1v) is 10.9. The predicted molar refractivity (Wildman–Crippen MR) is 116 cm³/mol. The summed E-state index contributed by atoms with van der Waals surface area (Å²) in [5, 5.41) is 0. The highest BCUT2D eigenvalue weighted by molar-refractivity contribution is 5.96. The van der Waals surface area contributed by atoms with E-state index < -0.39 is 41.5 Å². The Hall–Kier alpha value is -2.49. The second-order valence-corrected chi connectivity index (χ2v) is 9.36. The molecule has 9 heteroatoms. The van der Waals surface area contributed by atoms with Crippen LogP contribution in [0, 0.1) is 11.3 Å². The lowest BCUT2D eigenvalue weighted by Crippen LogP contribution is -2.55. The van der Waals surface area contributed by atoms with Crippen LogP contribution in [-0.2, 0) is 34.4 Å². The molecule has 0 N–H and O–H groups in total. The molecule has 6 nitrogen and oxygen atoms in total. The first kappa shape index (κ1) is 26.1. The molecule has 4 atom stereocenters. The van der Waals surface area contributed by atoms with Gasteiger partial charge in [0.15, 0.2) is 5.78 Å². The highest BCUT2D eigenvalue weighted by atomic mass is 19.4. The van der Waals surface area contributed by atoms with Crippen molar-refractivity contribution in [2.45, 2.75) is 57.6 Å². The topological polar surface area (TPSA) is 71.1 Å². The molecular weight excluding hydrogens is 453 g/mol. The molecule has 1 aliphatic carbocycles. The fourth-order valence-electron chi connectivity index (χ4n) is 4.62. The molecule has 0 saturated carbocycles. The van der Waals surface area contributed by atoms with E-state index in [1.807, 2.05) is 20.8 Å². The van der Waals surface area contributed by atoms with E-state index in [9.17, 15) is 22.8 Å². The Morgan fingerprint density at radius 1 is 1.21 bits per heavy atom. The number of allylic oxidation sites excluding steroid dienone is 1. The van der Waals surface area contributed by atoms with Crippen molar-refractivity contribution in [2.24, 2.45) is 11.3 Å². The van der Waals surface area contributed by atoms with E-state index in [0.29, 0.717) is 12.0 Å². The minimum Gasteiger partial charge on any atom is -0.459 e. The second kappa shape index (κ2) is 9.28. The van der Waals surface area contributed by atoms with Gasteiger partial charge in [-0.05, 0) is 44.1 Å². The smallest absolute Gasteiger partial charge is 0.432 e. The number of esters is 1. The van der Waals surface area contributed by atoms with Crippen LogP contribution < -0.4 is 0 Å². The van der Waals surface area contributed by atoms with Gasteiger partial charge in [-0.25, -0.2) is 14.6 Å². The van der Waals surface area contributed by atoms with Crippen LogP contribution in [0.25, 0.3) is 0 Å². The zero-order valence-electron chi connectivity index (χ0n) is 19.8. The number of carbonyl (C=O) groups is 2. The van der Waals surface area contributed by atoms with Crippen molar-refractivity contribution in [3.05, 3.63) is 59.7 Å². The SMILES string of the molecule is CO[C@](C(=O)OC/C=C(\C)C1CC2C(C)(C=CC(=O)C2(C)C)OO1)(c1ccccc1)C(F)(F)F. The van der Waals surface area contributed by atoms with Gasteiger partial charge in [-0.15, -0.1) is 0 Å². The highest BCUT2D eigenvalue weighted by Crippen LogP contribution is 2.49. The number of ketones is 1. The summed E-state index contributed by atoms with van der Waals surface area (Å²) < 4.78 is 51.7. The summed E-state index contributed by atoms with van der Waals surface area (Å²) in [5.41, 5.74) is -4.49. The van der Waals surface area contributed by atoms with E-state index in [-0.39, 0.29) is 17.3 Å². The van der Waals surface area contributed by atoms with Crippen molar-refractivity contribution in [1.29, 1.82) is 0 Å². The summed E-state index contributed by atoms with van der Waals surface area (Å²) in [5.74, 6) is -1.78. The first-order valence-electron chi connectivity index (χ1n) is 10.9. The zero-order chi connectivity index (χ0) is 25.4. The van der Waals surface area contributed by atoms with Crippen LogP contribution in [0.4, 0.5) is 13.2 Å². The molecule has 1 heterocycles. The molecule has 0 radical (unpaired) electrons. The van der Waals surface area contributed by atoms with Gasteiger partial charge in [0.2, 0.25) is 0 Å². The van der Waals surface area contributed by atoms with E-state index in [1.54, 1.807) is 13.0 Å². The van der Waals surface area contributed by atoms with Crippen LogP contribution in [0.1, 0.15) is 39.7 Å². The lowest BCUT2D eigenvalue weighted by molar-refractivity contribution is -0.406. The van der Waals surface area contributed by atoms with Crippen molar-refractivity contribution in [2.75, 3.05) is 13.7 Å². The molecule has 2 aliphatic rings. The van der Waals surface area contributed by atoms with Crippen molar-refractivity contribution in [3.8, 4) is 0 Å². The van der Waals surface area contributed by atoms with Crippen LogP contribution in [0.15, 0.2) is 54.1 Å². The number of fused-ring (bicyclic) bond motifs is 1. The fourth-order valence-corrected chi connectivity index (χ4v) is 4.62. The third-order valence-corrected chi connectivity index (χ3v) is 6.86. The summed E-state index contributed by atoms with van der Waals surface area (Å²) in [4.78, 5) is 36.2. The number of hydrogen-bond donors (Lipinski definition) is 0. The molecule has 0 aromatic heterocycles. The standard InChI is InChI=1S/C25H29F3O6/c1-16(18-15-19-22(2,3)20(29)11-13-23(19,4)34-33-18)12-14-32-21(30)24(31-5,25(26,27)28)17-9-7-6-8-10-17/h6-13,18-19H,14-15H2,1-5H3/b16-12+/t18?,19?,23?,24-/m0/s1. The molecule has 0 spiro atoms. The summed E-state index contributed by atoms with van der Waals surface area (Å²) in [6, 6.07) is 6.61. The molecule has 1 aliphatic heterocycles. The monoisotopic (exact) mass is 482 g/mol. The quantitative estimate of drug-likeness (QED) is 0.328. The van der Waals surface area contributed by atoms with Crippen molar-refractivity contribution < 1.29 is 42.0 Å². The Bertz CT molecular complexity index is 984. The van der Waals surface area contributed by atoms with Gasteiger partial charge in [-0.1, -0.05) is 44.2 Å². The Labute approximate surface area is 196 Å². The van der Waals surface area contributed by atoms with Crippen LogP contribution in [0.2, 0.25) is 0 Å². The summed E-state index contributed by atoms with van der Waals surface area (Å²) in [6.45, 7) is 6.80. The molecule has 0 bridgehead atoms. The van der Waals surface area contributed by atoms with Gasteiger partial charge in [-0.3, -0.25) is 4.79 Å². The minimum atomic E-state index is -5.05. The largest absolute Gasteiger partial charge is 0.459 e. The predicted octanol–water partition coefficient (Wildman–Crippen LogP) is 4.84. The molecule has 1 aromatic carbocycles. The van der Waals surface area contributed by atoms with Gasteiger partial charge < -0.3 is 9.47 Å². The molecular formula is C25H29F3O6. The number of benzene rings is 1. The molecule has 3 unspecified atom stereocenters. The van der Waals surface area contributed by atoms with E-state index in [2.05, 4.69) is 0 Å². The van der Waals surface area contributed by atoms with E-state index in [1.165, 1.54) is 30.4 Å². The van der Waals surface area contributed by atoms with Gasteiger partial charge >= 0.3 is 12.1 Å². The molecule has 1 aromatic rings. The number of alkyl halides is 3. The van der Waals surface area contributed by atoms with Gasteiger partial charge in [-0.2, -0.15) is 13.2 Å². The molecule has 0 amide bonds. The van der Waals surface area contributed by atoms with Crippen LogP contribution in [-0.4, -0.2) is 43.4 Å². The van der Waals surface area contributed by atoms with Crippen LogP contribution in [0.3, 0.4) is 0 Å². The number of carbonyl (C=O) groups excluding carboxylic acids is 2. The number of methoxy groups -OCH3 is 1. The van der Waals surface area contributed by atoms with Crippen molar-refractivity contribution in [1.82, 2.24) is 0 Å². The Balaban J connectivity index is 1.74. The van der Waals surface area contributed by atoms with Gasteiger partial charge in [0.05, 0.1) is 0 Å². The average Bonchev–Trinajstić information content (AvgIpc) is 2.77. The third-order valence-electron chi connectivity index (χ3n) is 6.86. The highest BCUT2D eigenvalue weighted by Gasteiger charge is 2.64. The Morgan fingerprint density at radius 3 is 2.44 bits per heavy atom. The molecule has 1 fully saturated rings. The van der Waals surface area contributed by atoms with E-state index in [0.717, 1.165) is 19.2 Å². The van der Waals surface area contributed by atoms with E-state index in [4.69, 9.17) is 19.2 Å². The number of ether oxygens (including phenoxy) is 2. The van der Waals surface area contributed by atoms with Crippen molar-refractivity contribution >= 4 is 11.8 Å². The van der Waals surface area contributed by atoms with Crippen LogP contribution in [0.5, 0.6) is 0 Å². The maximum atomic E-state index is 14.0. The summed E-state index contributed by atoms with van der Waals surface area (Å²) >= 11 is 0. The molecule has 3 rings (SSSR count). The zero-order valence-corrected chi connectivity index (χ0v) is 19.8. The maximum absolute atomic E-state index is 14.0. The third kappa shape index (κ3) is 4.44. The van der Waals surface area contributed by atoms with E-state index >= 15 is 0 Å². The second-order valence-electron chi connectivity index (χ2n) is 9.36. The Kier molecular flexibility index (Phi) is 7.13. The lowest BCUT2D eigenvalue weighted by Gasteiger charge is -2.49. The summed E-state index contributed by atoms with van der Waals surface area (Å²) in [7, 11) is 0.814. The fraction of sp³-hybridized carbons (Fsp3) is 0.520. The maximum Gasteiger partial charge on any atom is 0.432 e. The van der Waals surface area contributed by atoms with Gasteiger partial charge in [0.1, 0.15) is 18.3 Å². The first-order chi connectivity index (χ1) is 15.8.